The Morgan fingerprint density at radius 3 is 2.56 bits per heavy atom. The summed E-state index contributed by atoms with van der Waals surface area (Å²) in [7, 11) is 1.65. The molecule has 0 aliphatic carbocycles. The summed E-state index contributed by atoms with van der Waals surface area (Å²) >= 11 is 0. The van der Waals surface area contributed by atoms with E-state index in [4.69, 9.17) is 14.0 Å². The minimum Gasteiger partial charge on any atom is -0.439 e. The lowest BCUT2D eigenvalue weighted by atomic mass is 9.92. The molecule has 2 aromatic heterocycles. The van der Waals surface area contributed by atoms with Crippen LogP contribution in [0.5, 0.6) is 11.6 Å². The normalized spacial score (nSPS) is 16.8. The van der Waals surface area contributed by atoms with Crippen molar-refractivity contribution in [2.75, 3.05) is 25.2 Å². The monoisotopic (exact) mass is 492 g/mol. The van der Waals surface area contributed by atoms with E-state index in [1.54, 1.807) is 36.3 Å². The first-order valence-corrected chi connectivity index (χ1v) is 11.5. The van der Waals surface area contributed by atoms with Gasteiger partial charge in [0.05, 0.1) is 11.9 Å². The number of ether oxygens (including phenoxy) is 2. The van der Waals surface area contributed by atoms with Crippen LogP contribution in [0.25, 0.3) is 11.5 Å². The molecular weight excluding hydrogens is 468 g/mol. The molecular formula is C24H24N6O6. The van der Waals surface area contributed by atoms with E-state index < -0.39 is 23.4 Å². The smallest absolute Gasteiger partial charge is 0.328 e. The van der Waals surface area contributed by atoms with Crippen LogP contribution in [0.1, 0.15) is 25.1 Å². The van der Waals surface area contributed by atoms with Crippen LogP contribution in [0.4, 0.5) is 10.5 Å². The van der Waals surface area contributed by atoms with E-state index in [9.17, 15) is 14.4 Å². The number of pyridine rings is 1. The minimum atomic E-state index is -1.47. The summed E-state index contributed by atoms with van der Waals surface area (Å²) in [5, 5.41) is 8.38. The number of hydrogen-bond acceptors (Lipinski definition) is 10. The van der Waals surface area contributed by atoms with Crippen molar-refractivity contribution in [3.63, 3.8) is 0 Å². The average molecular weight is 492 g/mol. The number of methoxy groups -OCH3 is 1. The number of anilines is 1. The van der Waals surface area contributed by atoms with Crippen molar-refractivity contribution in [2.45, 2.75) is 31.2 Å². The Bertz CT molecular complexity index is 1250. The quantitative estimate of drug-likeness (QED) is 0.354. The fourth-order valence-corrected chi connectivity index (χ4v) is 4.41. The van der Waals surface area contributed by atoms with E-state index >= 15 is 0 Å². The minimum absolute atomic E-state index is 0.303. The Hall–Kier alpha value is -4.32. The molecule has 3 aromatic rings. The molecule has 1 spiro atoms. The zero-order chi connectivity index (χ0) is 25.1. The maximum Gasteiger partial charge on any atom is 0.328 e. The Labute approximate surface area is 206 Å². The number of aryl methyl sites for hydroxylation is 1. The molecule has 0 atom stereocenters. The molecule has 2 N–H and O–H groups in total. The van der Waals surface area contributed by atoms with Crippen molar-refractivity contribution in [3.05, 3.63) is 48.4 Å². The van der Waals surface area contributed by atoms with Crippen molar-refractivity contribution in [1.82, 2.24) is 25.8 Å². The number of amides is 4. The fourth-order valence-electron chi connectivity index (χ4n) is 4.41. The predicted octanol–water partition coefficient (Wildman–Crippen LogP) is 2.21. The second kappa shape index (κ2) is 9.74. The SMILES string of the molecule is COCCCc1noc(-c2ccc(Oc3ccc(N4CCCC45C(=O)NC(=O)NC5=O)cn3)cc2)n1. The van der Waals surface area contributed by atoms with Crippen molar-refractivity contribution in [2.24, 2.45) is 0 Å². The second-order valence-corrected chi connectivity index (χ2v) is 8.45. The molecule has 12 heteroatoms. The molecule has 4 heterocycles. The van der Waals surface area contributed by atoms with Gasteiger partial charge in [-0.2, -0.15) is 4.98 Å². The lowest BCUT2D eigenvalue weighted by Gasteiger charge is -2.38. The molecule has 5 rings (SSSR count). The standard InChI is InChI=1S/C24H24N6O6/c1-34-13-2-4-18-26-20(36-29-18)15-5-8-17(9-6-15)35-19-10-7-16(14-25-19)30-12-3-11-24(30)21(31)27-23(33)28-22(24)32/h5-10,14H,2-4,11-13H2,1H3,(H2,27,28,31,32,33). The number of benzene rings is 1. The number of rotatable bonds is 8. The summed E-state index contributed by atoms with van der Waals surface area (Å²) in [6.45, 7) is 1.11. The van der Waals surface area contributed by atoms with Crippen molar-refractivity contribution in [1.29, 1.82) is 0 Å². The van der Waals surface area contributed by atoms with Crippen molar-refractivity contribution < 1.29 is 28.4 Å². The van der Waals surface area contributed by atoms with E-state index in [2.05, 4.69) is 25.8 Å². The zero-order valence-corrected chi connectivity index (χ0v) is 19.5. The van der Waals surface area contributed by atoms with Gasteiger partial charge in [-0.05, 0) is 49.6 Å². The largest absolute Gasteiger partial charge is 0.439 e. The van der Waals surface area contributed by atoms with Crippen LogP contribution in [0.15, 0.2) is 47.1 Å². The molecule has 0 radical (unpaired) electrons. The topological polar surface area (TPSA) is 149 Å². The summed E-state index contributed by atoms with van der Waals surface area (Å²) in [5.74, 6) is 0.691. The first kappa shape index (κ1) is 23.4. The highest BCUT2D eigenvalue weighted by atomic mass is 16.5. The van der Waals surface area contributed by atoms with E-state index in [0.717, 1.165) is 12.0 Å². The van der Waals surface area contributed by atoms with Crippen molar-refractivity contribution in [3.8, 4) is 23.1 Å². The third-order valence-corrected chi connectivity index (χ3v) is 6.16. The number of carbonyl (C=O) groups is 3. The summed E-state index contributed by atoms with van der Waals surface area (Å²) in [4.78, 5) is 47.2. The summed E-state index contributed by atoms with van der Waals surface area (Å²) < 4.78 is 16.2. The van der Waals surface area contributed by atoms with Gasteiger partial charge in [-0.15, -0.1) is 0 Å². The van der Waals surface area contributed by atoms with Crippen LogP contribution in [-0.2, 0) is 20.7 Å². The number of carbonyl (C=O) groups excluding carboxylic acids is 3. The highest BCUT2D eigenvalue weighted by Gasteiger charge is 2.57. The zero-order valence-electron chi connectivity index (χ0n) is 19.5. The molecule has 2 fully saturated rings. The predicted molar refractivity (Wildman–Crippen MR) is 125 cm³/mol. The molecule has 1 aromatic carbocycles. The number of aromatic nitrogens is 3. The van der Waals surface area contributed by atoms with Gasteiger partial charge in [-0.1, -0.05) is 5.16 Å². The van der Waals surface area contributed by atoms with Crippen molar-refractivity contribution >= 4 is 23.5 Å². The average Bonchev–Trinajstić information content (AvgIpc) is 3.53. The number of barbiturate groups is 1. The molecule has 2 saturated heterocycles. The maximum atomic E-state index is 12.6. The second-order valence-electron chi connectivity index (χ2n) is 8.45. The lowest BCUT2D eigenvalue weighted by Crippen LogP contribution is -2.71. The molecule has 0 saturated carbocycles. The molecule has 0 unspecified atom stereocenters. The number of hydrogen-bond donors (Lipinski definition) is 2. The molecule has 2 aliphatic heterocycles. The van der Waals surface area contributed by atoms with E-state index in [-0.39, 0.29) is 0 Å². The molecule has 4 amide bonds. The maximum absolute atomic E-state index is 12.6. The van der Waals surface area contributed by atoms with Gasteiger partial charge in [0.2, 0.25) is 5.88 Å². The van der Waals surface area contributed by atoms with Gasteiger partial charge in [0.15, 0.2) is 11.4 Å². The highest BCUT2D eigenvalue weighted by molar-refractivity contribution is 6.24. The fraction of sp³-hybridized carbons (Fsp3) is 0.333. The van der Waals surface area contributed by atoms with E-state index in [1.165, 1.54) is 6.20 Å². The summed E-state index contributed by atoms with van der Waals surface area (Å²) in [5.41, 5.74) is -0.128. The Morgan fingerprint density at radius 2 is 1.86 bits per heavy atom. The van der Waals surface area contributed by atoms with Gasteiger partial charge in [-0.25, -0.2) is 9.78 Å². The third kappa shape index (κ3) is 4.38. The van der Waals surface area contributed by atoms with Gasteiger partial charge >= 0.3 is 6.03 Å². The van der Waals surface area contributed by atoms with Crippen LogP contribution in [-0.4, -0.2) is 58.8 Å². The van der Waals surface area contributed by atoms with Crippen LogP contribution in [0, 0.1) is 0 Å². The van der Waals surface area contributed by atoms with Gasteiger partial charge in [0.25, 0.3) is 17.7 Å². The number of urea groups is 1. The number of nitrogens with zero attached hydrogens (tertiary/aromatic N) is 4. The summed E-state index contributed by atoms with van der Waals surface area (Å²) in [6, 6.07) is 9.73. The van der Waals surface area contributed by atoms with Crippen LogP contribution in [0.2, 0.25) is 0 Å². The first-order chi connectivity index (χ1) is 17.5. The van der Waals surface area contributed by atoms with E-state index in [1.807, 2.05) is 12.1 Å². The van der Waals surface area contributed by atoms with Crippen LogP contribution in [0.3, 0.4) is 0 Å². The van der Waals surface area contributed by atoms with Gasteiger partial charge < -0.3 is 18.9 Å². The molecule has 2 aliphatic rings. The Kier molecular flexibility index (Phi) is 6.34. The van der Waals surface area contributed by atoms with Gasteiger partial charge in [0.1, 0.15) is 5.75 Å². The van der Waals surface area contributed by atoms with Gasteiger partial charge in [-0.3, -0.25) is 20.2 Å². The number of imide groups is 2. The third-order valence-electron chi connectivity index (χ3n) is 6.16. The van der Waals surface area contributed by atoms with Crippen LogP contribution >= 0.6 is 0 Å². The van der Waals surface area contributed by atoms with Crippen LogP contribution < -0.4 is 20.3 Å². The Balaban J connectivity index is 1.25. The summed E-state index contributed by atoms with van der Waals surface area (Å²) in [6.07, 6.45) is 3.95. The molecule has 186 valence electrons. The Morgan fingerprint density at radius 1 is 1.08 bits per heavy atom. The highest BCUT2D eigenvalue weighted by Crippen LogP contribution is 2.36. The van der Waals surface area contributed by atoms with E-state index in [0.29, 0.717) is 61.4 Å². The van der Waals surface area contributed by atoms with Gasteiger partial charge in [0, 0.05) is 38.3 Å². The lowest BCUT2D eigenvalue weighted by molar-refractivity contribution is -0.137. The number of nitrogens with one attached hydrogen (secondary N) is 2. The first-order valence-electron chi connectivity index (χ1n) is 11.5. The molecule has 0 bridgehead atoms. The molecule has 12 nitrogen and oxygen atoms in total. The molecule has 36 heavy (non-hydrogen) atoms.